The number of nitrogens with one attached hydrogen (secondary N) is 2. The SMILES string of the molecule is CC(NC(=O)C1CC(=O)N(c2ccc3c(c2)OCO3)C1)C(=O)NCc1ccncc1. The fourth-order valence-corrected chi connectivity index (χ4v) is 3.43. The number of rotatable bonds is 6. The van der Waals surface area contributed by atoms with Gasteiger partial charge in [-0.15, -0.1) is 0 Å². The van der Waals surface area contributed by atoms with Crippen LogP contribution < -0.4 is 25.0 Å². The number of fused-ring (bicyclic) bond motifs is 1. The molecule has 156 valence electrons. The Labute approximate surface area is 173 Å². The van der Waals surface area contributed by atoms with Crippen LogP contribution in [0.3, 0.4) is 0 Å². The molecule has 9 nitrogen and oxygen atoms in total. The van der Waals surface area contributed by atoms with Crippen LogP contribution in [0.4, 0.5) is 5.69 Å². The quantitative estimate of drug-likeness (QED) is 0.735. The van der Waals surface area contributed by atoms with Crippen LogP contribution in [0.5, 0.6) is 11.5 Å². The zero-order valence-electron chi connectivity index (χ0n) is 16.5. The molecule has 2 N–H and O–H groups in total. The van der Waals surface area contributed by atoms with Gasteiger partial charge in [0.1, 0.15) is 6.04 Å². The monoisotopic (exact) mass is 410 g/mol. The van der Waals surface area contributed by atoms with Crippen molar-refractivity contribution in [1.29, 1.82) is 0 Å². The molecule has 0 radical (unpaired) electrons. The summed E-state index contributed by atoms with van der Waals surface area (Å²) < 4.78 is 10.6. The van der Waals surface area contributed by atoms with Crippen LogP contribution in [0.15, 0.2) is 42.7 Å². The molecule has 2 aliphatic heterocycles. The van der Waals surface area contributed by atoms with E-state index in [-0.39, 0.29) is 37.5 Å². The molecule has 2 aromatic rings. The van der Waals surface area contributed by atoms with E-state index in [1.165, 1.54) is 0 Å². The number of ether oxygens (including phenoxy) is 2. The van der Waals surface area contributed by atoms with Gasteiger partial charge in [-0.3, -0.25) is 19.4 Å². The summed E-state index contributed by atoms with van der Waals surface area (Å²) in [5, 5.41) is 5.48. The maximum Gasteiger partial charge on any atom is 0.242 e. The molecular formula is C21H22N4O5. The van der Waals surface area contributed by atoms with E-state index in [0.717, 1.165) is 5.56 Å². The number of hydrogen-bond donors (Lipinski definition) is 2. The minimum absolute atomic E-state index is 0.0889. The van der Waals surface area contributed by atoms with E-state index in [2.05, 4.69) is 15.6 Å². The highest BCUT2D eigenvalue weighted by Crippen LogP contribution is 2.37. The molecule has 0 spiro atoms. The van der Waals surface area contributed by atoms with Crippen molar-refractivity contribution in [1.82, 2.24) is 15.6 Å². The summed E-state index contributed by atoms with van der Waals surface area (Å²) in [6, 6.07) is 8.13. The number of carbonyl (C=O) groups is 3. The molecule has 0 saturated carbocycles. The van der Waals surface area contributed by atoms with Crippen LogP contribution in [0, 0.1) is 5.92 Å². The van der Waals surface area contributed by atoms with Crippen molar-refractivity contribution in [3.8, 4) is 11.5 Å². The Hall–Kier alpha value is -3.62. The molecule has 9 heteroatoms. The van der Waals surface area contributed by atoms with Crippen molar-refractivity contribution in [2.75, 3.05) is 18.2 Å². The lowest BCUT2D eigenvalue weighted by Crippen LogP contribution is -2.46. The normalized spacial score (nSPS) is 18.2. The van der Waals surface area contributed by atoms with Gasteiger partial charge in [0.25, 0.3) is 0 Å². The first-order valence-corrected chi connectivity index (χ1v) is 9.68. The van der Waals surface area contributed by atoms with Crippen molar-refractivity contribution in [2.24, 2.45) is 5.92 Å². The number of benzene rings is 1. The van der Waals surface area contributed by atoms with Gasteiger partial charge in [0, 0.05) is 43.7 Å². The Kier molecular flexibility index (Phi) is 5.51. The van der Waals surface area contributed by atoms with E-state index in [1.54, 1.807) is 54.5 Å². The Morgan fingerprint density at radius 2 is 1.97 bits per heavy atom. The molecule has 3 amide bonds. The van der Waals surface area contributed by atoms with Gasteiger partial charge in [-0.25, -0.2) is 0 Å². The lowest BCUT2D eigenvalue weighted by atomic mass is 10.1. The fourth-order valence-electron chi connectivity index (χ4n) is 3.43. The molecule has 2 unspecified atom stereocenters. The van der Waals surface area contributed by atoms with Crippen LogP contribution in [-0.4, -0.2) is 42.1 Å². The highest BCUT2D eigenvalue weighted by Gasteiger charge is 2.36. The van der Waals surface area contributed by atoms with Gasteiger partial charge in [-0.1, -0.05) is 0 Å². The molecule has 2 atom stereocenters. The van der Waals surface area contributed by atoms with Gasteiger partial charge < -0.3 is 25.0 Å². The predicted molar refractivity (Wildman–Crippen MR) is 107 cm³/mol. The van der Waals surface area contributed by atoms with Crippen LogP contribution >= 0.6 is 0 Å². The Balaban J connectivity index is 1.31. The number of nitrogens with zero attached hydrogens (tertiary/aromatic N) is 2. The number of carbonyl (C=O) groups excluding carboxylic acids is 3. The number of pyridine rings is 1. The second-order valence-electron chi connectivity index (χ2n) is 7.25. The lowest BCUT2D eigenvalue weighted by molar-refractivity contribution is -0.131. The molecule has 0 aliphatic carbocycles. The van der Waals surface area contributed by atoms with Gasteiger partial charge >= 0.3 is 0 Å². The van der Waals surface area contributed by atoms with E-state index in [9.17, 15) is 14.4 Å². The minimum atomic E-state index is -0.714. The van der Waals surface area contributed by atoms with Crippen molar-refractivity contribution < 1.29 is 23.9 Å². The highest BCUT2D eigenvalue weighted by molar-refractivity contribution is 6.01. The number of anilines is 1. The molecule has 1 aromatic carbocycles. The van der Waals surface area contributed by atoms with Gasteiger partial charge in [-0.05, 0) is 36.8 Å². The third-order valence-electron chi connectivity index (χ3n) is 5.13. The maximum absolute atomic E-state index is 12.6. The van der Waals surface area contributed by atoms with Crippen molar-refractivity contribution >= 4 is 23.4 Å². The average molecular weight is 410 g/mol. The Morgan fingerprint density at radius 3 is 2.77 bits per heavy atom. The molecule has 0 bridgehead atoms. The minimum Gasteiger partial charge on any atom is -0.454 e. The molecule has 30 heavy (non-hydrogen) atoms. The molecule has 3 heterocycles. The van der Waals surface area contributed by atoms with Crippen molar-refractivity contribution in [2.45, 2.75) is 25.9 Å². The first-order chi connectivity index (χ1) is 14.5. The smallest absolute Gasteiger partial charge is 0.242 e. The summed E-state index contributed by atoms with van der Waals surface area (Å²) in [6.45, 7) is 2.36. The zero-order valence-corrected chi connectivity index (χ0v) is 16.5. The summed E-state index contributed by atoms with van der Waals surface area (Å²) in [5.41, 5.74) is 1.57. The predicted octanol–water partition coefficient (Wildman–Crippen LogP) is 0.984. The van der Waals surface area contributed by atoms with Crippen LogP contribution in [0.25, 0.3) is 0 Å². The lowest BCUT2D eigenvalue weighted by Gasteiger charge is -2.18. The fraction of sp³-hybridized carbons (Fsp3) is 0.333. The maximum atomic E-state index is 12.6. The van der Waals surface area contributed by atoms with E-state index in [4.69, 9.17) is 9.47 Å². The highest BCUT2D eigenvalue weighted by atomic mass is 16.7. The summed E-state index contributed by atoms with van der Waals surface area (Å²) >= 11 is 0. The van der Waals surface area contributed by atoms with E-state index in [0.29, 0.717) is 23.7 Å². The van der Waals surface area contributed by atoms with Crippen LogP contribution in [0.1, 0.15) is 18.9 Å². The molecule has 1 saturated heterocycles. The zero-order chi connectivity index (χ0) is 21.1. The standard InChI is InChI=1S/C21H22N4O5/c1-13(20(27)23-10-14-4-6-22-7-5-14)24-21(28)15-8-19(26)25(11-15)16-2-3-17-18(9-16)30-12-29-17/h2-7,9,13,15H,8,10-12H2,1H3,(H,23,27)(H,24,28). The molecule has 4 rings (SSSR count). The summed E-state index contributed by atoms with van der Waals surface area (Å²) in [5.74, 6) is -0.0866. The topological polar surface area (TPSA) is 110 Å². The van der Waals surface area contributed by atoms with Gasteiger partial charge in [-0.2, -0.15) is 0 Å². The molecule has 1 fully saturated rings. The largest absolute Gasteiger partial charge is 0.454 e. The Morgan fingerprint density at radius 1 is 1.20 bits per heavy atom. The van der Waals surface area contributed by atoms with Crippen molar-refractivity contribution in [3.63, 3.8) is 0 Å². The third kappa shape index (κ3) is 4.19. The van der Waals surface area contributed by atoms with E-state index < -0.39 is 12.0 Å². The second-order valence-corrected chi connectivity index (χ2v) is 7.25. The first-order valence-electron chi connectivity index (χ1n) is 9.68. The van der Waals surface area contributed by atoms with Crippen molar-refractivity contribution in [3.05, 3.63) is 48.3 Å². The average Bonchev–Trinajstić information content (AvgIpc) is 3.38. The summed E-state index contributed by atoms with van der Waals surface area (Å²) in [4.78, 5) is 42.8. The number of aromatic nitrogens is 1. The van der Waals surface area contributed by atoms with Gasteiger partial charge in [0.2, 0.25) is 24.5 Å². The molecule has 2 aliphatic rings. The molecular weight excluding hydrogens is 388 g/mol. The summed E-state index contributed by atoms with van der Waals surface area (Å²) in [6.07, 6.45) is 3.39. The van der Waals surface area contributed by atoms with Gasteiger partial charge in [0.15, 0.2) is 11.5 Å². The van der Waals surface area contributed by atoms with Crippen LogP contribution in [-0.2, 0) is 20.9 Å². The van der Waals surface area contributed by atoms with E-state index >= 15 is 0 Å². The third-order valence-corrected chi connectivity index (χ3v) is 5.13. The second kappa shape index (κ2) is 8.40. The van der Waals surface area contributed by atoms with Gasteiger partial charge in [0.05, 0.1) is 5.92 Å². The van der Waals surface area contributed by atoms with Crippen LogP contribution in [0.2, 0.25) is 0 Å². The summed E-state index contributed by atoms with van der Waals surface area (Å²) in [7, 11) is 0. The first kappa shape index (κ1) is 19.7. The number of amides is 3. The number of hydrogen-bond acceptors (Lipinski definition) is 6. The molecule has 1 aromatic heterocycles. The van der Waals surface area contributed by atoms with E-state index in [1.807, 2.05) is 0 Å². The Bertz CT molecular complexity index is 965.